The van der Waals surface area contributed by atoms with Gasteiger partial charge in [0.2, 0.25) is 0 Å². The molecule has 0 aliphatic heterocycles. The number of ether oxygens (including phenoxy) is 1. The van der Waals surface area contributed by atoms with Crippen molar-refractivity contribution in [2.24, 2.45) is 11.7 Å². The third-order valence-electron chi connectivity index (χ3n) is 3.51. The van der Waals surface area contributed by atoms with E-state index in [2.05, 4.69) is 25.1 Å². The Morgan fingerprint density at radius 2 is 2.19 bits per heavy atom. The molecule has 1 unspecified atom stereocenters. The van der Waals surface area contributed by atoms with Gasteiger partial charge in [-0.15, -0.1) is 0 Å². The summed E-state index contributed by atoms with van der Waals surface area (Å²) in [6, 6.07) is 8.78. The van der Waals surface area contributed by atoms with Gasteiger partial charge in [0.25, 0.3) is 0 Å². The Bertz CT molecular complexity index is 342. The Morgan fingerprint density at radius 3 is 2.81 bits per heavy atom. The minimum atomic E-state index is 0.344. The maximum atomic E-state index is 5.81. The zero-order valence-corrected chi connectivity index (χ0v) is 10.1. The van der Waals surface area contributed by atoms with Crippen molar-refractivity contribution >= 4 is 0 Å². The second-order valence-electron chi connectivity index (χ2n) is 5.02. The normalized spacial score (nSPS) is 25.9. The Hall–Kier alpha value is -1.02. The van der Waals surface area contributed by atoms with E-state index in [1.807, 2.05) is 6.07 Å². The van der Waals surface area contributed by atoms with Gasteiger partial charge >= 0.3 is 0 Å². The molecule has 88 valence electrons. The molecule has 1 atom stereocenters. The molecule has 2 heteroatoms. The van der Waals surface area contributed by atoms with Crippen molar-refractivity contribution in [3.05, 3.63) is 29.8 Å². The van der Waals surface area contributed by atoms with Gasteiger partial charge in [-0.2, -0.15) is 0 Å². The quantitative estimate of drug-likeness (QED) is 0.845. The van der Waals surface area contributed by atoms with Crippen LogP contribution in [0, 0.1) is 5.92 Å². The lowest BCUT2D eigenvalue weighted by Crippen LogP contribution is -2.28. The number of nitrogens with two attached hydrogens (primary N) is 1. The predicted octanol–water partition coefficient (Wildman–Crippen LogP) is 2.93. The summed E-state index contributed by atoms with van der Waals surface area (Å²) in [6.45, 7) is 2.10. The van der Waals surface area contributed by atoms with E-state index in [1.54, 1.807) is 7.11 Å². The molecule has 0 radical (unpaired) electrons. The van der Waals surface area contributed by atoms with Crippen molar-refractivity contribution in [1.82, 2.24) is 0 Å². The lowest BCUT2D eigenvalue weighted by molar-refractivity contribution is 0.236. The van der Waals surface area contributed by atoms with E-state index < -0.39 is 0 Å². The van der Waals surface area contributed by atoms with Gasteiger partial charge in [-0.25, -0.2) is 0 Å². The Morgan fingerprint density at radius 1 is 1.44 bits per heavy atom. The third-order valence-corrected chi connectivity index (χ3v) is 3.51. The van der Waals surface area contributed by atoms with Crippen molar-refractivity contribution < 1.29 is 4.74 Å². The highest BCUT2D eigenvalue weighted by molar-refractivity contribution is 5.32. The van der Waals surface area contributed by atoms with E-state index in [4.69, 9.17) is 10.5 Å². The van der Waals surface area contributed by atoms with Crippen LogP contribution in [0.3, 0.4) is 0 Å². The average Bonchev–Trinajstić information content (AvgIpc) is 2.22. The molecule has 2 nitrogen and oxygen atoms in total. The zero-order chi connectivity index (χ0) is 11.5. The molecule has 1 aromatic carbocycles. The molecule has 1 aliphatic rings. The number of benzene rings is 1. The van der Waals surface area contributed by atoms with Crippen LogP contribution in [0.5, 0.6) is 5.75 Å². The summed E-state index contributed by atoms with van der Waals surface area (Å²) in [5, 5.41) is 0. The Kier molecular flexibility index (Phi) is 3.49. The molecule has 2 rings (SSSR count). The molecule has 0 heterocycles. The average molecular weight is 219 g/mol. The van der Waals surface area contributed by atoms with Gasteiger partial charge in [0.15, 0.2) is 0 Å². The molecule has 1 aliphatic carbocycles. The summed E-state index contributed by atoms with van der Waals surface area (Å²) >= 11 is 0. The second-order valence-corrected chi connectivity index (χ2v) is 5.02. The molecule has 2 N–H and O–H groups in total. The van der Waals surface area contributed by atoms with Crippen LogP contribution in [0.1, 0.15) is 37.7 Å². The lowest BCUT2D eigenvalue weighted by Gasteiger charge is -2.36. The molecule has 1 fully saturated rings. The Balaban J connectivity index is 1.91. The highest BCUT2D eigenvalue weighted by atomic mass is 16.5. The summed E-state index contributed by atoms with van der Waals surface area (Å²) in [6.07, 6.45) is 3.74. The van der Waals surface area contributed by atoms with Crippen LogP contribution < -0.4 is 10.5 Å². The minimum Gasteiger partial charge on any atom is -0.497 e. The van der Waals surface area contributed by atoms with Gasteiger partial charge in [0.05, 0.1) is 7.11 Å². The topological polar surface area (TPSA) is 35.2 Å². The Labute approximate surface area is 97.8 Å². The molecule has 1 saturated carbocycles. The smallest absolute Gasteiger partial charge is 0.119 e. The van der Waals surface area contributed by atoms with Crippen molar-refractivity contribution in [2.45, 2.75) is 38.1 Å². The molecule has 0 bridgehead atoms. The monoisotopic (exact) mass is 219 g/mol. The first-order valence-electron chi connectivity index (χ1n) is 6.08. The van der Waals surface area contributed by atoms with Gasteiger partial charge in [-0.1, -0.05) is 12.1 Å². The first kappa shape index (κ1) is 11.5. The van der Waals surface area contributed by atoms with Gasteiger partial charge in [0.1, 0.15) is 5.75 Å². The highest BCUT2D eigenvalue weighted by Crippen LogP contribution is 2.44. The van der Waals surface area contributed by atoms with Crippen LogP contribution in [0.15, 0.2) is 24.3 Å². The van der Waals surface area contributed by atoms with Gasteiger partial charge < -0.3 is 10.5 Å². The van der Waals surface area contributed by atoms with E-state index in [-0.39, 0.29) is 0 Å². The highest BCUT2D eigenvalue weighted by Gasteiger charge is 2.30. The zero-order valence-electron chi connectivity index (χ0n) is 10.1. The van der Waals surface area contributed by atoms with E-state index in [0.29, 0.717) is 6.04 Å². The molecule has 0 saturated heterocycles. The lowest BCUT2D eigenvalue weighted by atomic mass is 9.69. The van der Waals surface area contributed by atoms with Crippen LogP contribution >= 0.6 is 0 Å². The maximum Gasteiger partial charge on any atom is 0.119 e. The summed E-state index contributed by atoms with van der Waals surface area (Å²) in [5.74, 6) is 2.52. The van der Waals surface area contributed by atoms with E-state index in [9.17, 15) is 0 Å². The summed E-state index contributed by atoms with van der Waals surface area (Å²) in [5.41, 5.74) is 7.23. The third kappa shape index (κ3) is 2.56. The minimum absolute atomic E-state index is 0.344. The number of methoxy groups -OCH3 is 1. The number of hydrogen-bond acceptors (Lipinski definition) is 2. The first-order valence-corrected chi connectivity index (χ1v) is 6.08. The van der Waals surface area contributed by atoms with Crippen LogP contribution in [-0.2, 0) is 0 Å². The van der Waals surface area contributed by atoms with Crippen molar-refractivity contribution in [3.8, 4) is 5.75 Å². The van der Waals surface area contributed by atoms with Crippen molar-refractivity contribution in [1.29, 1.82) is 0 Å². The molecular weight excluding hydrogens is 198 g/mol. The maximum absolute atomic E-state index is 5.81. The van der Waals surface area contributed by atoms with Crippen molar-refractivity contribution in [3.63, 3.8) is 0 Å². The van der Waals surface area contributed by atoms with Crippen LogP contribution in [-0.4, -0.2) is 13.2 Å². The largest absolute Gasteiger partial charge is 0.497 e. The summed E-state index contributed by atoms with van der Waals surface area (Å²) < 4.78 is 5.24. The fraction of sp³-hybridized carbons (Fsp3) is 0.571. The van der Waals surface area contributed by atoms with Gasteiger partial charge in [-0.3, -0.25) is 0 Å². The molecule has 0 amide bonds. The predicted molar refractivity (Wildman–Crippen MR) is 66.7 cm³/mol. The number of rotatable bonds is 4. The van der Waals surface area contributed by atoms with E-state index in [1.165, 1.54) is 24.8 Å². The van der Waals surface area contributed by atoms with Crippen LogP contribution in [0.4, 0.5) is 0 Å². The van der Waals surface area contributed by atoms with Crippen molar-refractivity contribution in [2.75, 3.05) is 7.11 Å². The summed E-state index contributed by atoms with van der Waals surface area (Å²) in [7, 11) is 1.72. The molecule has 0 aromatic heterocycles. The fourth-order valence-electron chi connectivity index (χ4n) is 2.62. The molecule has 0 spiro atoms. The molecule has 1 aromatic rings. The number of hydrogen-bond donors (Lipinski definition) is 1. The van der Waals surface area contributed by atoms with E-state index >= 15 is 0 Å². The SMILES string of the molecule is COc1cccc(C2CC(CC(C)N)C2)c1. The van der Waals surface area contributed by atoms with E-state index in [0.717, 1.165) is 17.6 Å². The second kappa shape index (κ2) is 4.88. The van der Waals surface area contributed by atoms with Crippen LogP contribution in [0.2, 0.25) is 0 Å². The van der Waals surface area contributed by atoms with Crippen LogP contribution in [0.25, 0.3) is 0 Å². The summed E-state index contributed by atoms with van der Waals surface area (Å²) in [4.78, 5) is 0. The molecule has 16 heavy (non-hydrogen) atoms. The van der Waals surface area contributed by atoms with Gasteiger partial charge in [-0.05, 0) is 55.7 Å². The molecular formula is C14H21NO. The first-order chi connectivity index (χ1) is 7.69. The van der Waals surface area contributed by atoms with Gasteiger partial charge in [0, 0.05) is 6.04 Å². The standard InChI is InChI=1S/C14H21NO/c1-10(15)6-11-7-13(8-11)12-4-3-5-14(9-12)16-2/h3-5,9-11,13H,6-8,15H2,1-2H3. The fourth-order valence-corrected chi connectivity index (χ4v) is 2.62.